The van der Waals surface area contributed by atoms with Crippen molar-refractivity contribution in [1.29, 1.82) is 0 Å². The zero-order chi connectivity index (χ0) is 8.15. The molecule has 0 radical (unpaired) electrons. The zero-order valence-corrected chi connectivity index (χ0v) is 5.44. The van der Waals surface area contributed by atoms with Crippen LogP contribution < -0.4 is 5.32 Å². The molecule has 0 aliphatic heterocycles. The number of carbonyl (C=O) groups is 2. The number of aliphatic hydroxyl groups excluding tert-OH is 1. The van der Waals surface area contributed by atoms with Crippen molar-refractivity contribution >= 4 is 12.4 Å². The number of carbonyl (C=O) groups excluding carboxylic acids is 1. The molecule has 1 unspecified atom stereocenters. The highest BCUT2D eigenvalue weighted by Gasteiger charge is 2.21. The molecule has 5 heteroatoms. The Morgan fingerprint density at radius 2 is 2.20 bits per heavy atom. The van der Waals surface area contributed by atoms with Gasteiger partial charge in [0.25, 0.3) is 0 Å². The highest BCUT2D eigenvalue weighted by molar-refractivity contribution is 5.76. The average Bonchev–Trinajstić information content (AvgIpc) is 1.81. The van der Waals surface area contributed by atoms with Gasteiger partial charge < -0.3 is 15.5 Å². The number of hydrogen-bond donors (Lipinski definition) is 3. The predicted molar refractivity (Wildman–Crippen MR) is 32.3 cm³/mol. The molecule has 0 spiro atoms. The van der Waals surface area contributed by atoms with E-state index < -0.39 is 18.1 Å². The van der Waals surface area contributed by atoms with Crippen LogP contribution in [0.4, 0.5) is 0 Å². The van der Waals surface area contributed by atoms with Gasteiger partial charge in [-0.05, 0) is 6.92 Å². The molecule has 0 fully saturated rings. The lowest BCUT2D eigenvalue weighted by atomic mass is 10.2. The predicted octanol–water partition coefficient (Wildman–Crippen LogP) is -1.43. The van der Waals surface area contributed by atoms with Crippen molar-refractivity contribution in [3.05, 3.63) is 0 Å². The lowest BCUT2D eigenvalue weighted by Gasteiger charge is -2.12. The maximum atomic E-state index is 10.1. The maximum absolute atomic E-state index is 10.1. The Hall–Kier alpha value is -1.10. The lowest BCUT2D eigenvalue weighted by molar-refractivity contribution is -0.143. The van der Waals surface area contributed by atoms with Gasteiger partial charge in [-0.2, -0.15) is 0 Å². The van der Waals surface area contributed by atoms with E-state index in [-0.39, 0.29) is 6.41 Å². The monoisotopic (exact) mass is 147 g/mol. The minimum absolute atomic E-state index is 0.242. The summed E-state index contributed by atoms with van der Waals surface area (Å²) in [5.41, 5.74) is 0. The summed E-state index contributed by atoms with van der Waals surface area (Å²) in [6, 6.07) is -1.21. The molecular formula is C5H9NO4. The number of aliphatic hydroxyl groups is 1. The fourth-order valence-corrected chi connectivity index (χ4v) is 0.490. The van der Waals surface area contributed by atoms with Crippen molar-refractivity contribution in [1.82, 2.24) is 5.32 Å². The Balaban J connectivity index is 3.97. The molecule has 58 valence electrons. The van der Waals surface area contributed by atoms with E-state index in [1.807, 2.05) is 5.32 Å². The Bertz CT molecular complexity index is 134. The topological polar surface area (TPSA) is 86.6 Å². The van der Waals surface area contributed by atoms with Crippen molar-refractivity contribution in [2.45, 2.75) is 19.1 Å². The van der Waals surface area contributed by atoms with Crippen LogP contribution in [-0.4, -0.2) is 34.7 Å². The van der Waals surface area contributed by atoms with E-state index >= 15 is 0 Å². The van der Waals surface area contributed by atoms with Gasteiger partial charge in [-0.15, -0.1) is 0 Å². The number of amides is 1. The van der Waals surface area contributed by atoms with Crippen LogP contribution in [0.2, 0.25) is 0 Å². The summed E-state index contributed by atoms with van der Waals surface area (Å²) >= 11 is 0. The van der Waals surface area contributed by atoms with Gasteiger partial charge in [0, 0.05) is 0 Å². The normalized spacial score (nSPS) is 15.4. The summed E-state index contributed by atoms with van der Waals surface area (Å²) in [5.74, 6) is -1.25. The van der Waals surface area contributed by atoms with E-state index in [0.29, 0.717) is 0 Å². The molecule has 1 amide bonds. The van der Waals surface area contributed by atoms with E-state index in [9.17, 15) is 9.59 Å². The van der Waals surface area contributed by atoms with E-state index in [0.717, 1.165) is 0 Å². The van der Waals surface area contributed by atoms with Gasteiger partial charge >= 0.3 is 5.97 Å². The van der Waals surface area contributed by atoms with Gasteiger partial charge in [-0.3, -0.25) is 4.79 Å². The summed E-state index contributed by atoms with van der Waals surface area (Å²) < 4.78 is 0. The molecule has 0 saturated carbocycles. The molecule has 0 heterocycles. The molecule has 0 aromatic heterocycles. The molecule has 5 nitrogen and oxygen atoms in total. The molecule has 0 aliphatic carbocycles. The maximum Gasteiger partial charge on any atom is 0.328 e. The van der Waals surface area contributed by atoms with Crippen LogP contribution in [0.15, 0.2) is 0 Å². The minimum atomic E-state index is -1.25. The third-order valence-corrected chi connectivity index (χ3v) is 0.996. The van der Waals surface area contributed by atoms with Gasteiger partial charge in [0.15, 0.2) is 6.04 Å². The first-order valence-electron chi connectivity index (χ1n) is 2.70. The number of carboxylic acids is 1. The first kappa shape index (κ1) is 8.90. The van der Waals surface area contributed by atoms with Crippen molar-refractivity contribution in [2.24, 2.45) is 0 Å². The Labute approximate surface area is 57.7 Å². The Morgan fingerprint density at radius 1 is 1.70 bits per heavy atom. The molecule has 0 rings (SSSR count). The van der Waals surface area contributed by atoms with Gasteiger partial charge in [0.2, 0.25) is 6.41 Å². The summed E-state index contributed by atoms with van der Waals surface area (Å²) in [5, 5.41) is 19.0. The van der Waals surface area contributed by atoms with Crippen LogP contribution in [-0.2, 0) is 9.59 Å². The fraction of sp³-hybridized carbons (Fsp3) is 0.600. The summed E-state index contributed by atoms with van der Waals surface area (Å²) in [4.78, 5) is 19.9. The van der Waals surface area contributed by atoms with Crippen molar-refractivity contribution in [3.63, 3.8) is 0 Å². The smallest absolute Gasteiger partial charge is 0.328 e. The van der Waals surface area contributed by atoms with Crippen LogP contribution in [0.1, 0.15) is 6.92 Å². The van der Waals surface area contributed by atoms with E-state index in [1.165, 1.54) is 6.92 Å². The first-order chi connectivity index (χ1) is 4.59. The van der Waals surface area contributed by atoms with Crippen LogP contribution in [0.5, 0.6) is 0 Å². The highest BCUT2D eigenvalue weighted by atomic mass is 16.4. The second-order valence-corrected chi connectivity index (χ2v) is 1.84. The van der Waals surface area contributed by atoms with Crippen molar-refractivity contribution < 1.29 is 19.8 Å². The lowest BCUT2D eigenvalue weighted by Crippen LogP contribution is -2.43. The molecule has 0 aliphatic rings. The van der Waals surface area contributed by atoms with Crippen LogP contribution in [0, 0.1) is 0 Å². The Morgan fingerprint density at radius 3 is 2.30 bits per heavy atom. The van der Waals surface area contributed by atoms with Gasteiger partial charge in [-0.1, -0.05) is 0 Å². The van der Waals surface area contributed by atoms with Gasteiger partial charge in [-0.25, -0.2) is 4.79 Å². The van der Waals surface area contributed by atoms with Crippen LogP contribution in [0.3, 0.4) is 0 Å². The number of hydrogen-bond acceptors (Lipinski definition) is 3. The molecule has 10 heavy (non-hydrogen) atoms. The molecule has 0 bridgehead atoms. The quantitative estimate of drug-likeness (QED) is 0.425. The molecule has 0 aromatic rings. The molecule has 2 atom stereocenters. The second kappa shape index (κ2) is 3.84. The standard InChI is InChI=1S/C5H9NO4/c1-3(8)4(5(9)10)6-2-7/h2-4,8H,1H3,(H,6,7)(H,9,10)/t3?,4-/m0/s1. The van der Waals surface area contributed by atoms with Crippen molar-refractivity contribution in [3.8, 4) is 0 Å². The molecule has 0 aromatic carbocycles. The SMILES string of the molecule is CC(O)[C@H](NC=O)C(=O)O. The zero-order valence-electron chi connectivity index (χ0n) is 5.44. The minimum Gasteiger partial charge on any atom is -0.480 e. The molecule has 0 saturated heterocycles. The van der Waals surface area contributed by atoms with E-state index in [1.54, 1.807) is 0 Å². The fourth-order valence-electron chi connectivity index (χ4n) is 0.490. The summed E-state index contributed by atoms with van der Waals surface area (Å²) in [6.07, 6.45) is -0.839. The van der Waals surface area contributed by atoms with Crippen LogP contribution in [0.25, 0.3) is 0 Å². The third kappa shape index (κ3) is 2.45. The number of nitrogens with one attached hydrogen (secondary N) is 1. The van der Waals surface area contributed by atoms with Crippen molar-refractivity contribution in [2.75, 3.05) is 0 Å². The average molecular weight is 147 g/mol. The van der Waals surface area contributed by atoms with Gasteiger partial charge in [0.1, 0.15) is 0 Å². The van der Waals surface area contributed by atoms with E-state index in [2.05, 4.69) is 0 Å². The number of rotatable bonds is 4. The first-order valence-corrected chi connectivity index (χ1v) is 2.70. The number of carboxylic acid groups (broad SMARTS) is 1. The third-order valence-electron chi connectivity index (χ3n) is 0.996. The largest absolute Gasteiger partial charge is 0.480 e. The Kier molecular flexibility index (Phi) is 3.42. The second-order valence-electron chi connectivity index (χ2n) is 1.84. The molecule has 3 N–H and O–H groups in total. The van der Waals surface area contributed by atoms with E-state index in [4.69, 9.17) is 10.2 Å². The summed E-state index contributed by atoms with van der Waals surface area (Å²) in [7, 11) is 0. The molecular weight excluding hydrogens is 138 g/mol. The van der Waals surface area contributed by atoms with Gasteiger partial charge in [0.05, 0.1) is 6.10 Å². The van der Waals surface area contributed by atoms with Crippen LogP contribution >= 0.6 is 0 Å². The number of aliphatic carboxylic acids is 1. The summed E-state index contributed by atoms with van der Waals surface area (Å²) in [6.45, 7) is 1.29. The highest BCUT2D eigenvalue weighted by Crippen LogP contribution is 1.90.